The van der Waals surface area contributed by atoms with Crippen molar-refractivity contribution in [3.8, 4) is 11.4 Å². The molecule has 0 spiro atoms. The number of nitrogens with zero attached hydrogens (tertiary/aromatic N) is 3. The summed E-state index contributed by atoms with van der Waals surface area (Å²) in [6, 6.07) is 14.4. The van der Waals surface area contributed by atoms with Crippen LogP contribution in [0, 0.1) is 6.92 Å². The lowest BCUT2D eigenvalue weighted by Crippen LogP contribution is -2.32. The first-order valence-electron chi connectivity index (χ1n) is 8.39. The van der Waals surface area contributed by atoms with Gasteiger partial charge in [-0.25, -0.2) is 4.68 Å². The summed E-state index contributed by atoms with van der Waals surface area (Å²) >= 11 is 12.0. The summed E-state index contributed by atoms with van der Waals surface area (Å²) in [5, 5.41) is 7.92. The van der Waals surface area contributed by atoms with Gasteiger partial charge in [-0.15, -0.1) is 5.10 Å². The molecule has 0 aliphatic carbocycles. The zero-order chi connectivity index (χ0) is 19.4. The molecule has 2 aromatic carbocycles. The number of carbonyl (C=O) groups is 1. The quantitative estimate of drug-likeness (QED) is 0.647. The molecule has 27 heavy (non-hydrogen) atoms. The van der Waals surface area contributed by atoms with E-state index in [4.69, 9.17) is 27.9 Å². The zero-order valence-corrected chi connectivity index (χ0v) is 16.3. The van der Waals surface area contributed by atoms with Gasteiger partial charge < -0.3 is 4.74 Å². The normalized spacial score (nSPS) is 11.9. The largest absolute Gasteiger partial charge is 0.480 e. The molecular formula is C19H18Cl2N4O2. The topological polar surface area (TPSA) is 69.0 Å². The van der Waals surface area contributed by atoms with Gasteiger partial charge in [-0.05, 0) is 43.7 Å². The van der Waals surface area contributed by atoms with E-state index >= 15 is 0 Å². The average molecular weight is 405 g/mol. The number of hydrogen-bond donors (Lipinski definition) is 1. The second-order valence-corrected chi connectivity index (χ2v) is 6.71. The van der Waals surface area contributed by atoms with E-state index in [0.29, 0.717) is 28.0 Å². The average Bonchev–Trinajstić information content (AvgIpc) is 2.99. The monoisotopic (exact) mass is 404 g/mol. The van der Waals surface area contributed by atoms with Gasteiger partial charge in [-0.2, -0.15) is 4.98 Å². The van der Waals surface area contributed by atoms with Gasteiger partial charge in [0, 0.05) is 10.0 Å². The fourth-order valence-electron chi connectivity index (χ4n) is 2.53. The van der Waals surface area contributed by atoms with Crippen molar-refractivity contribution in [2.75, 3.05) is 5.32 Å². The molecule has 0 saturated carbocycles. The molecule has 1 unspecified atom stereocenters. The van der Waals surface area contributed by atoms with Gasteiger partial charge in [-0.3, -0.25) is 10.1 Å². The van der Waals surface area contributed by atoms with Crippen LogP contribution in [-0.4, -0.2) is 26.8 Å². The lowest BCUT2D eigenvalue weighted by molar-refractivity contribution is -0.122. The number of amides is 1. The van der Waals surface area contributed by atoms with Crippen molar-refractivity contribution in [3.05, 3.63) is 64.4 Å². The first kappa shape index (κ1) is 19.2. The minimum Gasteiger partial charge on any atom is -0.480 e. The first-order valence-corrected chi connectivity index (χ1v) is 9.14. The number of aromatic nitrogens is 3. The van der Waals surface area contributed by atoms with Crippen molar-refractivity contribution in [3.63, 3.8) is 0 Å². The van der Waals surface area contributed by atoms with Crippen LogP contribution in [0.4, 0.5) is 5.95 Å². The number of ether oxygens (including phenoxy) is 1. The molecule has 0 aliphatic rings. The van der Waals surface area contributed by atoms with Crippen molar-refractivity contribution in [1.82, 2.24) is 14.8 Å². The van der Waals surface area contributed by atoms with Crippen LogP contribution in [0.15, 0.2) is 48.5 Å². The van der Waals surface area contributed by atoms with Gasteiger partial charge >= 0.3 is 0 Å². The second-order valence-electron chi connectivity index (χ2n) is 5.84. The first-order chi connectivity index (χ1) is 13.0. The maximum absolute atomic E-state index is 12.6. The molecule has 6 nitrogen and oxygen atoms in total. The highest BCUT2D eigenvalue weighted by atomic mass is 35.5. The van der Waals surface area contributed by atoms with Gasteiger partial charge in [0.1, 0.15) is 11.6 Å². The Bertz CT molecular complexity index is 924. The standard InChI is InChI=1S/C19H18Cl2N4O2/c1-3-17(27-16-10-13(20)9-14(21)11-16)18(26)23-19-22-12(2)25(24-19)15-7-5-4-6-8-15/h4-11,17H,3H2,1-2H3,(H,23,24,26). The molecule has 0 fully saturated rings. The van der Waals surface area contributed by atoms with E-state index in [1.807, 2.05) is 44.2 Å². The predicted molar refractivity (Wildman–Crippen MR) is 106 cm³/mol. The number of aryl methyl sites for hydroxylation is 1. The van der Waals surface area contributed by atoms with E-state index in [1.165, 1.54) is 0 Å². The second kappa shape index (κ2) is 8.41. The van der Waals surface area contributed by atoms with Crippen LogP contribution in [0.3, 0.4) is 0 Å². The summed E-state index contributed by atoms with van der Waals surface area (Å²) < 4.78 is 7.40. The van der Waals surface area contributed by atoms with Gasteiger partial charge in [0.05, 0.1) is 5.69 Å². The highest BCUT2D eigenvalue weighted by Gasteiger charge is 2.21. The van der Waals surface area contributed by atoms with E-state index in [2.05, 4.69) is 15.4 Å². The molecule has 140 valence electrons. The third-order valence-electron chi connectivity index (χ3n) is 3.78. The molecule has 1 heterocycles. The van der Waals surface area contributed by atoms with Gasteiger partial charge in [0.25, 0.3) is 5.91 Å². The van der Waals surface area contributed by atoms with Crippen LogP contribution >= 0.6 is 23.2 Å². The van der Waals surface area contributed by atoms with E-state index < -0.39 is 6.10 Å². The molecular weight excluding hydrogens is 387 g/mol. The minimum absolute atomic E-state index is 0.215. The predicted octanol–water partition coefficient (Wildman–Crippen LogP) is 4.68. The van der Waals surface area contributed by atoms with Crippen molar-refractivity contribution in [1.29, 1.82) is 0 Å². The Morgan fingerprint density at radius 2 is 1.85 bits per heavy atom. The Morgan fingerprint density at radius 1 is 1.19 bits per heavy atom. The van der Waals surface area contributed by atoms with Crippen molar-refractivity contribution >= 4 is 35.1 Å². The summed E-state index contributed by atoms with van der Waals surface area (Å²) in [7, 11) is 0. The fraction of sp³-hybridized carbons (Fsp3) is 0.211. The number of nitrogens with one attached hydrogen (secondary N) is 1. The van der Waals surface area contributed by atoms with Gasteiger partial charge in [0.2, 0.25) is 5.95 Å². The Hall–Kier alpha value is -2.57. The third-order valence-corrected chi connectivity index (χ3v) is 4.22. The zero-order valence-electron chi connectivity index (χ0n) is 14.8. The Balaban J connectivity index is 1.73. The summed E-state index contributed by atoms with van der Waals surface area (Å²) in [5.41, 5.74) is 0.861. The highest BCUT2D eigenvalue weighted by molar-refractivity contribution is 6.34. The molecule has 1 aromatic heterocycles. The number of anilines is 1. The van der Waals surface area contributed by atoms with E-state index in [9.17, 15) is 4.79 Å². The van der Waals surface area contributed by atoms with E-state index in [0.717, 1.165) is 5.69 Å². The van der Waals surface area contributed by atoms with Crippen molar-refractivity contribution in [2.24, 2.45) is 0 Å². The summed E-state index contributed by atoms with van der Waals surface area (Å²) in [6.45, 7) is 3.66. The highest BCUT2D eigenvalue weighted by Crippen LogP contribution is 2.25. The number of benzene rings is 2. The van der Waals surface area contributed by atoms with Crippen LogP contribution in [0.25, 0.3) is 5.69 Å². The van der Waals surface area contributed by atoms with Crippen LogP contribution in [-0.2, 0) is 4.79 Å². The summed E-state index contributed by atoms with van der Waals surface area (Å²) in [6.07, 6.45) is -0.280. The Kier molecular flexibility index (Phi) is 5.98. The van der Waals surface area contributed by atoms with Crippen LogP contribution in [0.1, 0.15) is 19.2 Å². The number of hydrogen-bond acceptors (Lipinski definition) is 4. The number of para-hydroxylation sites is 1. The third kappa shape index (κ3) is 4.78. The summed E-state index contributed by atoms with van der Waals surface area (Å²) in [4.78, 5) is 16.9. The molecule has 3 aromatic rings. The molecule has 0 bridgehead atoms. The molecule has 0 radical (unpaired) electrons. The van der Waals surface area contributed by atoms with E-state index in [1.54, 1.807) is 22.9 Å². The molecule has 8 heteroatoms. The maximum atomic E-state index is 12.6. The molecule has 0 saturated heterocycles. The Labute approximate surface area is 167 Å². The maximum Gasteiger partial charge on any atom is 0.267 e. The SMILES string of the molecule is CCC(Oc1cc(Cl)cc(Cl)c1)C(=O)Nc1nc(C)n(-c2ccccc2)n1. The van der Waals surface area contributed by atoms with Gasteiger partial charge in [0.15, 0.2) is 6.10 Å². The van der Waals surface area contributed by atoms with Gasteiger partial charge in [-0.1, -0.05) is 48.3 Å². The van der Waals surface area contributed by atoms with E-state index in [-0.39, 0.29) is 11.9 Å². The van der Waals surface area contributed by atoms with Crippen LogP contribution < -0.4 is 10.1 Å². The number of rotatable bonds is 6. The summed E-state index contributed by atoms with van der Waals surface area (Å²) in [5.74, 6) is 0.951. The number of carbonyl (C=O) groups excluding carboxylic acids is 1. The molecule has 1 atom stereocenters. The van der Waals surface area contributed by atoms with Crippen molar-refractivity contribution < 1.29 is 9.53 Å². The lowest BCUT2D eigenvalue weighted by atomic mass is 10.2. The minimum atomic E-state index is -0.733. The van der Waals surface area contributed by atoms with Crippen LogP contribution in [0.2, 0.25) is 10.0 Å². The molecule has 3 rings (SSSR count). The van der Waals surface area contributed by atoms with Crippen LogP contribution in [0.5, 0.6) is 5.75 Å². The molecule has 1 amide bonds. The van der Waals surface area contributed by atoms with Crippen molar-refractivity contribution in [2.45, 2.75) is 26.4 Å². The number of halogens is 2. The molecule has 0 aliphatic heterocycles. The fourth-order valence-corrected chi connectivity index (χ4v) is 3.04. The smallest absolute Gasteiger partial charge is 0.267 e. The lowest BCUT2D eigenvalue weighted by Gasteiger charge is -2.16. The Morgan fingerprint density at radius 3 is 2.48 bits per heavy atom. The molecule has 1 N–H and O–H groups in total.